The highest BCUT2D eigenvalue weighted by Gasteiger charge is 2.24. The quantitative estimate of drug-likeness (QED) is 0.558. The minimum absolute atomic E-state index is 0.0440. The second kappa shape index (κ2) is 11.7. The fourth-order valence-electron chi connectivity index (χ4n) is 2.64. The number of rotatable bonds is 7. The van der Waals surface area contributed by atoms with Gasteiger partial charge in [-0.05, 0) is 37.5 Å². The fraction of sp³-hybridized carbons (Fsp3) is 0.700. The topological polar surface area (TPSA) is 64.6 Å². The molecule has 5 heteroatoms. The van der Waals surface area contributed by atoms with E-state index in [1.54, 1.807) is 13.2 Å². The standard InChI is InChI=1S/C11H20O2.C9H15NO2/c1-8(2)6-9(3)10(4)7-11(12)13-5;1-6(2)4-7-8(12-3)5-9(11)10-7/h7-9H,6H2,1-5H3;5-7H,4H2,1-3H3,(H,10,11)/b10-7-;. The Morgan fingerprint density at radius 2 is 1.80 bits per heavy atom. The number of carbonyl (C=O) groups excluding carboxylic acids is 2. The van der Waals surface area contributed by atoms with Crippen LogP contribution in [0.1, 0.15) is 54.4 Å². The molecule has 1 N–H and O–H groups in total. The summed E-state index contributed by atoms with van der Waals surface area (Å²) in [5, 5.41) is 2.83. The van der Waals surface area contributed by atoms with Gasteiger partial charge in [-0.2, -0.15) is 0 Å². The maximum atomic E-state index is 10.9. The van der Waals surface area contributed by atoms with Gasteiger partial charge < -0.3 is 14.8 Å². The van der Waals surface area contributed by atoms with Gasteiger partial charge in [0.25, 0.3) is 0 Å². The molecule has 0 aromatic rings. The Bertz CT molecular complexity index is 492. The number of allylic oxidation sites excluding steroid dienone is 1. The summed E-state index contributed by atoms with van der Waals surface area (Å²) in [6, 6.07) is 0.0856. The van der Waals surface area contributed by atoms with Crippen molar-refractivity contribution in [3.8, 4) is 0 Å². The molecule has 0 fully saturated rings. The van der Waals surface area contributed by atoms with Crippen LogP contribution in [0.3, 0.4) is 0 Å². The molecule has 1 rings (SSSR count). The predicted octanol–water partition coefficient (Wildman–Crippen LogP) is 3.85. The third-order valence-electron chi connectivity index (χ3n) is 4.03. The summed E-state index contributed by atoms with van der Waals surface area (Å²) < 4.78 is 9.63. The molecule has 1 aliphatic heterocycles. The van der Waals surface area contributed by atoms with Gasteiger partial charge in [-0.3, -0.25) is 4.79 Å². The van der Waals surface area contributed by atoms with Crippen molar-refractivity contribution in [2.45, 2.75) is 60.4 Å². The van der Waals surface area contributed by atoms with E-state index in [2.05, 4.69) is 44.7 Å². The Hall–Kier alpha value is -1.78. The molecule has 0 saturated heterocycles. The molecule has 25 heavy (non-hydrogen) atoms. The van der Waals surface area contributed by atoms with Crippen molar-refractivity contribution < 1.29 is 19.1 Å². The van der Waals surface area contributed by atoms with Crippen LogP contribution in [-0.4, -0.2) is 32.1 Å². The third-order valence-corrected chi connectivity index (χ3v) is 4.03. The first kappa shape index (κ1) is 23.2. The second-order valence-electron chi connectivity index (χ2n) is 7.38. The number of hydrogen-bond donors (Lipinski definition) is 1. The molecule has 0 saturated carbocycles. The molecule has 1 heterocycles. The lowest BCUT2D eigenvalue weighted by Crippen LogP contribution is -2.30. The maximum Gasteiger partial charge on any atom is 0.330 e. The van der Waals surface area contributed by atoms with Crippen LogP contribution in [0.5, 0.6) is 0 Å². The highest BCUT2D eigenvalue weighted by molar-refractivity contribution is 5.91. The van der Waals surface area contributed by atoms with Gasteiger partial charge in [0.2, 0.25) is 5.91 Å². The molecule has 0 radical (unpaired) electrons. The van der Waals surface area contributed by atoms with Gasteiger partial charge in [0.05, 0.1) is 20.3 Å². The molecular weight excluding hydrogens is 318 g/mol. The lowest BCUT2D eigenvalue weighted by Gasteiger charge is -2.15. The van der Waals surface area contributed by atoms with E-state index in [9.17, 15) is 9.59 Å². The fourth-order valence-corrected chi connectivity index (χ4v) is 2.64. The van der Waals surface area contributed by atoms with Crippen LogP contribution in [0.15, 0.2) is 23.5 Å². The molecule has 0 aliphatic carbocycles. The highest BCUT2D eigenvalue weighted by Crippen LogP contribution is 2.19. The van der Waals surface area contributed by atoms with E-state index < -0.39 is 0 Å². The number of esters is 1. The monoisotopic (exact) mass is 353 g/mol. The second-order valence-corrected chi connectivity index (χ2v) is 7.38. The van der Waals surface area contributed by atoms with Gasteiger partial charge in [0.1, 0.15) is 5.76 Å². The first-order chi connectivity index (χ1) is 11.6. The summed E-state index contributed by atoms with van der Waals surface area (Å²) in [6.45, 7) is 12.7. The van der Waals surface area contributed by atoms with Crippen LogP contribution in [0.25, 0.3) is 0 Å². The zero-order valence-corrected chi connectivity index (χ0v) is 17.0. The van der Waals surface area contributed by atoms with Crippen LogP contribution in [0.2, 0.25) is 0 Å². The van der Waals surface area contributed by atoms with Crippen LogP contribution in [0, 0.1) is 17.8 Å². The van der Waals surface area contributed by atoms with Gasteiger partial charge in [0, 0.05) is 12.2 Å². The van der Waals surface area contributed by atoms with Crippen molar-refractivity contribution in [1.29, 1.82) is 0 Å². The van der Waals surface area contributed by atoms with Gasteiger partial charge >= 0.3 is 5.97 Å². The Balaban J connectivity index is 0.000000462. The van der Waals surface area contributed by atoms with Crippen LogP contribution >= 0.6 is 0 Å². The van der Waals surface area contributed by atoms with Crippen molar-refractivity contribution in [2.75, 3.05) is 14.2 Å². The highest BCUT2D eigenvalue weighted by atomic mass is 16.5. The minimum Gasteiger partial charge on any atom is -0.499 e. The molecule has 0 bridgehead atoms. The minimum atomic E-state index is -0.256. The molecule has 0 aromatic heterocycles. The number of nitrogens with one attached hydrogen (secondary N) is 1. The summed E-state index contributed by atoms with van der Waals surface area (Å²) in [7, 11) is 3.00. The number of amides is 1. The van der Waals surface area contributed by atoms with Crippen molar-refractivity contribution in [1.82, 2.24) is 5.32 Å². The smallest absolute Gasteiger partial charge is 0.330 e. The van der Waals surface area contributed by atoms with E-state index in [0.29, 0.717) is 17.8 Å². The van der Waals surface area contributed by atoms with Crippen LogP contribution in [-0.2, 0) is 19.1 Å². The predicted molar refractivity (Wildman–Crippen MR) is 101 cm³/mol. The van der Waals surface area contributed by atoms with Gasteiger partial charge in [-0.1, -0.05) is 40.2 Å². The van der Waals surface area contributed by atoms with Crippen molar-refractivity contribution >= 4 is 11.9 Å². The lowest BCUT2D eigenvalue weighted by atomic mass is 9.92. The maximum absolute atomic E-state index is 10.9. The molecule has 2 atom stereocenters. The summed E-state index contributed by atoms with van der Waals surface area (Å²) >= 11 is 0. The Morgan fingerprint density at radius 1 is 1.20 bits per heavy atom. The molecule has 1 aliphatic rings. The number of carbonyl (C=O) groups is 2. The average molecular weight is 354 g/mol. The summed E-state index contributed by atoms with van der Waals surface area (Å²) in [6.07, 6.45) is 5.14. The van der Waals surface area contributed by atoms with Crippen molar-refractivity contribution in [3.05, 3.63) is 23.5 Å². The molecule has 144 valence electrons. The average Bonchev–Trinajstić information content (AvgIpc) is 2.85. The molecule has 2 unspecified atom stereocenters. The molecule has 1 amide bonds. The number of ether oxygens (including phenoxy) is 2. The SMILES string of the molecule is COC(=O)/C=C(/C)C(C)CC(C)C.COC1=CC(=O)NC1CC(C)C. The number of methoxy groups -OCH3 is 2. The third kappa shape index (κ3) is 9.95. The summed E-state index contributed by atoms with van der Waals surface area (Å²) in [4.78, 5) is 21.9. The summed E-state index contributed by atoms with van der Waals surface area (Å²) in [5.41, 5.74) is 1.10. The zero-order chi connectivity index (χ0) is 19.6. The largest absolute Gasteiger partial charge is 0.499 e. The van der Waals surface area contributed by atoms with E-state index in [1.807, 2.05) is 6.92 Å². The molecular formula is C20H35NO4. The normalized spacial score (nSPS) is 18.3. The lowest BCUT2D eigenvalue weighted by molar-refractivity contribution is -0.134. The first-order valence-corrected chi connectivity index (χ1v) is 8.92. The van der Waals surface area contributed by atoms with Crippen molar-refractivity contribution in [3.63, 3.8) is 0 Å². The molecule has 0 spiro atoms. The van der Waals surface area contributed by atoms with Gasteiger partial charge in [-0.15, -0.1) is 0 Å². The van der Waals surface area contributed by atoms with E-state index in [1.165, 1.54) is 13.2 Å². The number of hydrogen-bond acceptors (Lipinski definition) is 4. The van der Waals surface area contributed by atoms with Gasteiger partial charge in [-0.25, -0.2) is 4.79 Å². The van der Waals surface area contributed by atoms with E-state index >= 15 is 0 Å². The van der Waals surface area contributed by atoms with E-state index in [0.717, 1.165) is 24.2 Å². The van der Waals surface area contributed by atoms with Crippen molar-refractivity contribution in [2.24, 2.45) is 17.8 Å². The first-order valence-electron chi connectivity index (χ1n) is 8.92. The van der Waals surface area contributed by atoms with Crippen LogP contribution in [0.4, 0.5) is 0 Å². The molecule has 0 aromatic carbocycles. The Labute approximate surface area is 152 Å². The van der Waals surface area contributed by atoms with E-state index in [-0.39, 0.29) is 17.9 Å². The zero-order valence-electron chi connectivity index (χ0n) is 17.0. The Morgan fingerprint density at radius 3 is 2.24 bits per heavy atom. The van der Waals surface area contributed by atoms with Crippen LogP contribution < -0.4 is 5.32 Å². The van der Waals surface area contributed by atoms with E-state index in [4.69, 9.17) is 4.74 Å². The Kier molecular flexibility index (Phi) is 10.9. The summed E-state index contributed by atoms with van der Waals surface area (Å²) in [5.74, 6) is 2.14. The molecule has 5 nitrogen and oxygen atoms in total. The van der Waals surface area contributed by atoms with Gasteiger partial charge in [0.15, 0.2) is 0 Å².